The second-order valence-corrected chi connectivity index (χ2v) is 25.3. The lowest BCUT2D eigenvalue weighted by Crippen LogP contribution is -2.66. The van der Waals surface area contributed by atoms with Crippen molar-refractivity contribution in [3.8, 4) is 0 Å². The Balaban J connectivity index is 1.02. The van der Waals surface area contributed by atoms with Gasteiger partial charge >= 0.3 is 11.9 Å². The van der Waals surface area contributed by atoms with Crippen LogP contribution >= 0.6 is 0 Å². The highest BCUT2D eigenvalue weighted by Gasteiger charge is 2.70. The number of esters is 1. The van der Waals surface area contributed by atoms with E-state index >= 15 is 4.79 Å². The minimum absolute atomic E-state index is 0.146. The molecule has 9 rings (SSSR count). The quantitative estimate of drug-likeness (QED) is 0.0715. The lowest BCUT2D eigenvalue weighted by molar-refractivity contribution is -0.363. The van der Waals surface area contributed by atoms with Crippen LogP contribution in [0.3, 0.4) is 0 Å². The van der Waals surface area contributed by atoms with Crippen LogP contribution in [0.4, 0.5) is 0 Å². The summed E-state index contributed by atoms with van der Waals surface area (Å²) in [6, 6.07) is 0. The summed E-state index contributed by atoms with van der Waals surface area (Å²) < 4.78 is 46.9. The third-order valence-corrected chi connectivity index (χ3v) is 20.5. The molecule has 0 bridgehead atoms. The molecule has 24 nitrogen and oxygen atoms in total. The van der Waals surface area contributed by atoms with Gasteiger partial charge in [0.25, 0.3) is 0 Å². The Morgan fingerprint density at radius 1 is 0.623 bits per heavy atom. The predicted octanol–water partition coefficient (Wildman–Crippen LogP) is -2.41. The number of carbonyl (C=O) groups is 2. The van der Waals surface area contributed by atoms with Gasteiger partial charge in [-0.2, -0.15) is 0 Å². The minimum atomic E-state index is -2.03. The fourth-order valence-electron chi connectivity index (χ4n) is 15.4. The van der Waals surface area contributed by atoms with Gasteiger partial charge in [0.05, 0.1) is 43.4 Å². The predicted molar refractivity (Wildman–Crippen MR) is 259 cm³/mol. The zero-order chi connectivity index (χ0) is 56.3. The van der Waals surface area contributed by atoms with Gasteiger partial charge in [-0.15, -0.1) is 0 Å². The van der Waals surface area contributed by atoms with Crippen molar-refractivity contribution in [2.24, 2.45) is 44.3 Å². The van der Waals surface area contributed by atoms with E-state index in [0.29, 0.717) is 57.8 Å². The van der Waals surface area contributed by atoms with Crippen molar-refractivity contribution in [2.75, 3.05) is 26.4 Å². The third-order valence-electron chi connectivity index (χ3n) is 20.5. The number of ether oxygens (including phenoxy) is 8. The Hall–Kier alpha value is -2.38. The highest BCUT2D eigenvalue weighted by molar-refractivity contribution is 5.82. The largest absolute Gasteiger partial charge is 0.481 e. The summed E-state index contributed by atoms with van der Waals surface area (Å²) >= 11 is 0. The topological polar surface area (TPSA) is 391 Å². The lowest BCUT2D eigenvalue weighted by atomic mass is 9.35. The molecule has 0 aromatic heterocycles. The van der Waals surface area contributed by atoms with Crippen molar-refractivity contribution in [3.63, 3.8) is 0 Å². The summed E-state index contributed by atoms with van der Waals surface area (Å²) in [4.78, 5) is 29.0. The maximum Gasteiger partial charge on any atom is 0.318 e. The zero-order valence-corrected chi connectivity index (χ0v) is 44.4. The summed E-state index contributed by atoms with van der Waals surface area (Å²) in [7, 11) is 0. The van der Waals surface area contributed by atoms with Crippen molar-refractivity contribution in [1.82, 2.24) is 0 Å². The van der Waals surface area contributed by atoms with Crippen molar-refractivity contribution in [2.45, 2.75) is 222 Å². The number of carbonyl (C=O) groups excluding carboxylic acids is 1. The molecule has 24 heteroatoms. The highest BCUT2D eigenvalue weighted by Crippen LogP contribution is 2.74. The van der Waals surface area contributed by atoms with Gasteiger partial charge in [-0.25, -0.2) is 0 Å². The molecule has 0 aromatic rings. The normalized spacial score (nSPS) is 52.6. The smallest absolute Gasteiger partial charge is 0.318 e. The first-order valence-corrected chi connectivity index (χ1v) is 27.1. The molecule has 0 amide bonds. The monoisotopic (exact) mass is 1100 g/mol. The van der Waals surface area contributed by atoms with E-state index in [2.05, 4.69) is 46.8 Å². The van der Waals surface area contributed by atoms with E-state index < -0.39 is 188 Å². The first-order valence-electron chi connectivity index (χ1n) is 27.1. The number of aliphatic hydroxyl groups is 13. The van der Waals surface area contributed by atoms with Crippen molar-refractivity contribution >= 4 is 11.9 Å². The van der Waals surface area contributed by atoms with Gasteiger partial charge in [-0.3, -0.25) is 9.59 Å². The Labute approximate surface area is 446 Å². The van der Waals surface area contributed by atoms with Crippen LogP contribution in [0.25, 0.3) is 0 Å². The average Bonchev–Trinajstić information content (AvgIpc) is 3.45. The lowest BCUT2D eigenvalue weighted by Gasteiger charge is -2.69. The molecule has 0 unspecified atom stereocenters. The van der Waals surface area contributed by atoms with Gasteiger partial charge in [0.2, 0.25) is 6.29 Å². The molecule has 77 heavy (non-hydrogen) atoms. The second-order valence-electron chi connectivity index (χ2n) is 25.3. The molecule has 27 atom stereocenters. The number of hydrogen-bond acceptors (Lipinski definition) is 23. The standard InChI is InChI=1S/C53H82O24/c1-48(2)13-15-53(47(69)77-45-40(66)41(76-44-39(65)36(62)33(59)26(19-55)73-44)34(60)27(74-45)21-71-42-38(64)35(61)32(58)25(18-54)72-42)16-14-50(4)22(23(53)17-48)7-8-28-49(3)11-10-30(75-43-37(63)31(57)24(56)20-70-43)52(6,46(67)68)29(49)9-12-51(28,50)5/h7-8,24-45,54-66H,9-21H2,1-6H3,(H,67,68)/t24-,25-,26-,27-,28-,29-,30+,31+,32-,33-,34-,35+,36+,37-,38-,39-,40-,41+,42-,43+,44+,45+,49-,50-,51-,52+,53+/m1/s1. The number of carboxylic acids is 1. The Bertz CT molecular complexity index is 2230. The van der Waals surface area contributed by atoms with Gasteiger partial charge in [0, 0.05) is 0 Å². The Kier molecular flexibility index (Phi) is 16.5. The van der Waals surface area contributed by atoms with E-state index in [1.807, 2.05) is 0 Å². The zero-order valence-electron chi connectivity index (χ0n) is 44.4. The summed E-state index contributed by atoms with van der Waals surface area (Å²) in [6.07, 6.45) is -25.1. The second kappa shape index (κ2) is 21.4. The number of carboxylic acid groups (broad SMARTS) is 1. The number of aliphatic carboxylic acids is 1. The first-order chi connectivity index (χ1) is 36.0. The van der Waals surface area contributed by atoms with E-state index in [9.17, 15) is 76.3 Å². The van der Waals surface area contributed by atoms with E-state index in [4.69, 9.17) is 37.9 Å². The van der Waals surface area contributed by atoms with Crippen molar-refractivity contribution in [3.05, 3.63) is 23.3 Å². The molecule has 4 aliphatic heterocycles. The van der Waals surface area contributed by atoms with E-state index in [1.165, 1.54) is 0 Å². The van der Waals surface area contributed by atoms with Gasteiger partial charge in [-0.1, -0.05) is 46.8 Å². The van der Waals surface area contributed by atoms with Crippen LogP contribution in [0, 0.1) is 44.3 Å². The number of aliphatic hydroxyl groups excluding tert-OH is 13. The SMILES string of the molecule is CC1(C)CC[C@]2(C(=O)O[C@@H]3O[C@H](CO[C@@H]4O[C@H](CO)[C@@H](O)[C@H](O)[C@H]4O)[C@@H](O)[C@H](O[C@@H]4O[C@H](CO)[C@@H](O)[C@H](O)[C@H]4O)[C@H]3O)CC[C@]3(C)C(=C2C1)C=C[C@@H]1[C@@]2(C)CC[C@H](O[C@@H]4OC[C@@H](O)[C@H](O)[C@H]4O)[C@@](C)(C(=O)O)[C@@H]2CC[C@]13C. The van der Waals surface area contributed by atoms with Gasteiger partial charge in [0.15, 0.2) is 18.9 Å². The fraction of sp³-hybridized carbons (Fsp3) is 0.887. The van der Waals surface area contributed by atoms with Crippen LogP contribution in [0.1, 0.15) is 99.3 Å². The molecule has 5 aliphatic carbocycles. The number of allylic oxidation sites excluding steroid dienone is 3. The van der Waals surface area contributed by atoms with Crippen LogP contribution in [0.5, 0.6) is 0 Å². The number of rotatable bonds is 12. The molecular weight excluding hydrogens is 1020 g/mol. The van der Waals surface area contributed by atoms with E-state index in [-0.39, 0.29) is 17.9 Å². The summed E-state index contributed by atoms with van der Waals surface area (Å²) in [5.41, 5.74) is -2.78. The molecule has 0 spiro atoms. The maximum absolute atomic E-state index is 15.4. The molecule has 14 N–H and O–H groups in total. The van der Waals surface area contributed by atoms with Gasteiger partial charge in [0.1, 0.15) is 91.6 Å². The highest BCUT2D eigenvalue weighted by atomic mass is 16.8. The van der Waals surface area contributed by atoms with E-state index in [0.717, 1.165) is 11.1 Å². The Morgan fingerprint density at radius 3 is 1.86 bits per heavy atom. The molecule has 0 aromatic carbocycles. The van der Waals surface area contributed by atoms with Crippen LogP contribution in [-0.2, 0) is 47.5 Å². The van der Waals surface area contributed by atoms with Gasteiger partial charge in [-0.05, 0) is 109 Å². The molecule has 438 valence electrons. The third kappa shape index (κ3) is 9.57. The average molecular weight is 1100 g/mol. The molecule has 0 radical (unpaired) electrons. The van der Waals surface area contributed by atoms with Crippen LogP contribution in [0.2, 0.25) is 0 Å². The summed E-state index contributed by atoms with van der Waals surface area (Å²) in [5, 5.41) is 149. The minimum Gasteiger partial charge on any atom is -0.481 e. The summed E-state index contributed by atoms with van der Waals surface area (Å²) in [6.45, 7) is 9.93. The van der Waals surface area contributed by atoms with E-state index in [1.54, 1.807) is 6.92 Å². The van der Waals surface area contributed by atoms with Crippen molar-refractivity contribution in [1.29, 1.82) is 0 Å². The van der Waals surface area contributed by atoms with Crippen LogP contribution in [0.15, 0.2) is 23.3 Å². The molecule has 9 aliphatic rings. The molecular formula is C53H82O24. The molecule has 3 saturated carbocycles. The molecule has 7 fully saturated rings. The molecule has 4 saturated heterocycles. The summed E-state index contributed by atoms with van der Waals surface area (Å²) in [5.74, 6) is -2.37. The molecule has 4 heterocycles. The number of hydrogen-bond donors (Lipinski definition) is 14. The van der Waals surface area contributed by atoms with Crippen LogP contribution < -0.4 is 0 Å². The number of fused-ring (bicyclic) bond motifs is 6. The first kappa shape index (κ1) is 59.2. The van der Waals surface area contributed by atoms with Crippen molar-refractivity contribution < 1.29 is 119 Å². The maximum atomic E-state index is 15.4. The Morgan fingerprint density at radius 2 is 1.22 bits per heavy atom. The van der Waals surface area contributed by atoms with Crippen LogP contribution in [-0.4, -0.2) is 233 Å². The van der Waals surface area contributed by atoms with Gasteiger partial charge < -0.3 is 109 Å². The fourth-order valence-corrected chi connectivity index (χ4v) is 15.4.